The van der Waals surface area contributed by atoms with E-state index in [0.29, 0.717) is 5.56 Å². The summed E-state index contributed by atoms with van der Waals surface area (Å²) in [4.78, 5) is 0. The fraction of sp³-hybridized carbons (Fsp3) is 0.429. The van der Waals surface area contributed by atoms with Gasteiger partial charge in [-0.2, -0.15) is 0 Å². The van der Waals surface area contributed by atoms with Gasteiger partial charge in [0.25, 0.3) is 0 Å². The van der Waals surface area contributed by atoms with Crippen molar-refractivity contribution >= 4 is 0 Å². The molecular weight excluding hydrogens is 370 g/mol. The standard InChI is InChI=1S/C21H24F2O5/c1-2-11-3-5-12(6-4-11)17(23)14-9-13(7-8-15(14)22)21-20(27)19(26)18(25)16(10-24)28-21/h3-9,16-21,24-27H,2,10H2,1H3/t16-,17?,18-,19+,20-,21+/m1/s1. The number of hydrogen-bond donors (Lipinski definition) is 4. The van der Waals surface area contributed by atoms with Gasteiger partial charge >= 0.3 is 0 Å². The molecule has 0 bridgehead atoms. The Morgan fingerprint density at radius 2 is 1.68 bits per heavy atom. The molecule has 1 heterocycles. The third-order valence-electron chi connectivity index (χ3n) is 5.19. The van der Waals surface area contributed by atoms with Gasteiger partial charge in [0.1, 0.15) is 36.3 Å². The summed E-state index contributed by atoms with van der Waals surface area (Å²) >= 11 is 0. The Bertz CT molecular complexity index is 796. The number of benzene rings is 2. The number of aliphatic hydroxyl groups is 4. The first-order valence-corrected chi connectivity index (χ1v) is 9.20. The zero-order valence-corrected chi connectivity index (χ0v) is 15.4. The van der Waals surface area contributed by atoms with Crippen molar-refractivity contribution in [2.24, 2.45) is 0 Å². The van der Waals surface area contributed by atoms with E-state index in [1.54, 1.807) is 24.3 Å². The molecule has 4 N–H and O–H groups in total. The summed E-state index contributed by atoms with van der Waals surface area (Å²) in [5, 5.41) is 39.4. The number of aliphatic hydroxyl groups excluding tert-OH is 4. The third kappa shape index (κ3) is 3.94. The van der Waals surface area contributed by atoms with Crippen LogP contribution in [0.1, 0.15) is 41.5 Å². The predicted octanol–water partition coefficient (Wildman–Crippen LogP) is 1.96. The first kappa shape index (κ1) is 20.8. The normalized spacial score (nSPS) is 28.9. The van der Waals surface area contributed by atoms with Crippen LogP contribution in [0.5, 0.6) is 0 Å². The topological polar surface area (TPSA) is 90.2 Å². The molecule has 1 aliphatic heterocycles. The summed E-state index contributed by atoms with van der Waals surface area (Å²) in [6.45, 7) is 1.40. The summed E-state index contributed by atoms with van der Waals surface area (Å²) in [5.74, 6) is -0.750. The van der Waals surface area contributed by atoms with Gasteiger partial charge in [-0.3, -0.25) is 0 Å². The van der Waals surface area contributed by atoms with Gasteiger partial charge < -0.3 is 25.2 Å². The summed E-state index contributed by atoms with van der Waals surface area (Å²) in [6.07, 6.45) is -7.75. The lowest BCUT2D eigenvalue weighted by Crippen LogP contribution is -2.55. The van der Waals surface area contributed by atoms with Crippen LogP contribution in [0.15, 0.2) is 42.5 Å². The van der Waals surface area contributed by atoms with Gasteiger partial charge in [0.15, 0.2) is 6.17 Å². The molecule has 2 aromatic rings. The van der Waals surface area contributed by atoms with Gasteiger partial charge in [0, 0.05) is 5.56 Å². The van der Waals surface area contributed by atoms with Crippen molar-refractivity contribution in [1.82, 2.24) is 0 Å². The van der Waals surface area contributed by atoms with E-state index in [4.69, 9.17) is 4.74 Å². The molecule has 7 heteroatoms. The molecule has 3 rings (SSSR count). The van der Waals surface area contributed by atoms with E-state index in [1.807, 2.05) is 6.92 Å². The number of aryl methyl sites for hydroxylation is 1. The lowest BCUT2D eigenvalue weighted by atomic mass is 9.89. The third-order valence-corrected chi connectivity index (χ3v) is 5.19. The lowest BCUT2D eigenvalue weighted by molar-refractivity contribution is -0.231. The molecule has 0 spiro atoms. The van der Waals surface area contributed by atoms with Crippen molar-refractivity contribution in [3.63, 3.8) is 0 Å². The summed E-state index contributed by atoms with van der Waals surface area (Å²) in [5.41, 5.74) is 1.34. The maximum Gasteiger partial charge on any atom is 0.153 e. The van der Waals surface area contributed by atoms with Crippen molar-refractivity contribution in [1.29, 1.82) is 0 Å². The maximum atomic E-state index is 15.0. The second-order valence-corrected chi connectivity index (χ2v) is 6.99. The smallest absolute Gasteiger partial charge is 0.153 e. The molecule has 6 atom stereocenters. The summed E-state index contributed by atoms with van der Waals surface area (Å²) in [6, 6.07) is 10.4. The Labute approximate surface area is 161 Å². The lowest BCUT2D eigenvalue weighted by Gasteiger charge is -2.40. The molecule has 0 aliphatic carbocycles. The molecule has 2 aromatic carbocycles. The van der Waals surface area contributed by atoms with Gasteiger partial charge in [-0.25, -0.2) is 8.78 Å². The van der Waals surface area contributed by atoms with E-state index < -0.39 is 49.1 Å². The zero-order valence-electron chi connectivity index (χ0n) is 15.4. The minimum atomic E-state index is -1.73. The van der Waals surface area contributed by atoms with Crippen molar-refractivity contribution in [2.45, 2.75) is 50.0 Å². The molecule has 0 aromatic heterocycles. The number of ether oxygens (including phenoxy) is 1. The number of rotatable bonds is 5. The Morgan fingerprint density at radius 3 is 2.29 bits per heavy atom. The first-order chi connectivity index (χ1) is 13.4. The molecule has 5 nitrogen and oxygen atoms in total. The highest BCUT2D eigenvalue weighted by molar-refractivity contribution is 5.36. The van der Waals surface area contributed by atoms with Crippen LogP contribution in [-0.2, 0) is 11.2 Å². The van der Waals surface area contributed by atoms with Crippen LogP contribution in [0.4, 0.5) is 8.78 Å². The zero-order chi connectivity index (χ0) is 20.4. The van der Waals surface area contributed by atoms with Gasteiger partial charge in [-0.15, -0.1) is 0 Å². The molecule has 152 valence electrons. The van der Waals surface area contributed by atoms with E-state index in [-0.39, 0.29) is 11.1 Å². The maximum absolute atomic E-state index is 15.0. The predicted molar refractivity (Wildman–Crippen MR) is 97.9 cm³/mol. The van der Waals surface area contributed by atoms with Crippen LogP contribution >= 0.6 is 0 Å². The monoisotopic (exact) mass is 394 g/mol. The van der Waals surface area contributed by atoms with Gasteiger partial charge in [0.05, 0.1) is 6.61 Å². The van der Waals surface area contributed by atoms with Crippen molar-refractivity contribution in [3.8, 4) is 0 Å². The molecule has 1 fully saturated rings. The molecule has 0 amide bonds. The SMILES string of the molecule is CCc1ccc(C(F)c2cc([C@@H]3O[C@H](CO)[C@@H](O)[C@H](O)[C@H]3O)ccc2F)cc1. The van der Waals surface area contributed by atoms with E-state index in [2.05, 4.69) is 0 Å². The van der Waals surface area contributed by atoms with Gasteiger partial charge in [-0.05, 0) is 35.2 Å². The van der Waals surface area contributed by atoms with Crippen LogP contribution < -0.4 is 0 Å². The quantitative estimate of drug-likeness (QED) is 0.623. The number of halogens is 2. The van der Waals surface area contributed by atoms with Crippen LogP contribution in [0, 0.1) is 5.82 Å². The molecular formula is C21H24F2O5. The van der Waals surface area contributed by atoms with Crippen LogP contribution in [0.2, 0.25) is 0 Å². The van der Waals surface area contributed by atoms with Crippen molar-refractivity contribution < 1.29 is 33.9 Å². The average molecular weight is 394 g/mol. The second kappa shape index (κ2) is 8.63. The molecule has 0 saturated carbocycles. The second-order valence-electron chi connectivity index (χ2n) is 6.99. The van der Waals surface area contributed by atoms with Gasteiger partial charge in [0.2, 0.25) is 0 Å². The molecule has 1 aliphatic rings. The highest BCUT2D eigenvalue weighted by atomic mass is 19.1. The number of hydrogen-bond acceptors (Lipinski definition) is 5. The summed E-state index contributed by atoms with van der Waals surface area (Å²) in [7, 11) is 0. The van der Waals surface area contributed by atoms with E-state index in [9.17, 15) is 24.8 Å². The largest absolute Gasteiger partial charge is 0.394 e. The van der Waals surface area contributed by atoms with E-state index in [0.717, 1.165) is 18.1 Å². The van der Waals surface area contributed by atoms with Gasteiger partial charge in [-0.1, -0.05) is 37.3 Å². The van der Waals surface area contributed by atoms with Crippen LogP contribution in [-0.4, -0.2) is 51.4 Å². The van der Waals surface area contributed by atoms with E-state index >= 15 is 4.39 Å². The Morgan fingerprint density at radius 1 is 1.00 bits per heavy atom. The Hall–Kier alpha value is -1.90. The average Bonchev–Trinajstić information content (AvgIpc) is 2.72. The molecule has 1 unspecified atom stereocenters. The Kier molecular flexibility index (Phi) is 6.42. The minimum Gasteiger partial charge on any atom is -0.394 e. The molecule has 1 saturated heterocycles. The molecule has 0 radical (unpaired) electrons. The van der Waals surface area contributed by atoms with E-state index in [1.165, 1.54) is 12.1 Å². The molecule has 28 heavy (non-hydrogen) atoms. The fourth-order valence-corrected chi connectivity index (χ4v) is 3.41. The van der Waals surface area contributed by atoms with Crippen LogP contribution in [0.3, 0.4) is 0 Å². The minimum absolute atomic E-state index is 0.223. The van der Waals surface area contributed by atoms with Crippen molar-refractivity contribution in [2.75, 3.05) is 6.61 Å². The Balaban J connectivity index is 1.92. The number of alkyl halides is 1. The summed E-state index contributed by atoms with van der Waals surface area (Å²) < 4.78 is 34.8. The fourth-order valence-electron chi connectivity index (χ4n) is 3.41. The highest BCUT2D eigenvalue weighted by Crippen LogP contribution is 2.36. The highest BCUT2D eigenvalue weighted by Gasteiger charge is 2.44. The van der Waals surface area contributed by atoms with Crippen molar-refractivity contribution in [3.05, 3.63) is 70.5 Å². The first-order valence-electron chi connectivity index (χ1n) is 9.20. The van der Waals surface area contributed by atoms with Crippen LogP contribution in [0.25, 0.3) is 0 Å².